The maximum Gasteiger partial charge on any atom is 0.272 e. The largest absolute Gasteiger partial charge is 0.304 e. The van der Waals surface area contributed by atoms with E-state index >= 15 is 0 Å². The second-order valence-corrected chi connectivity index (χ2v) is 3.04. The molecule has 0 aromatic carbocycles. The van der Waals surface area contributed by atoms with Crippen LogP contribution in [0.3, 0.4) is 0 Å². The predicted octanol–water partition coefficient (Wildman–Crippen LogP) is -1.30. The first-order chi connectivity index (χ1) is 5.53. The summed E-state index contributed by atoms with van der Waals surface area (Å²) in [6.45, 7) is 5.67. The summed E-state index contributed by atoms with van der Waals surface area (Å²) in [5.74, 6) is -0.188. The Morgan fingerprint density at radius 1 is 1.42 bits per heavy atom. The van der Waals surface area contributed by atoms with Crippen LogP contribution in [0.2, 0.25) is 0 Å². The first kappa shape index (κ1) is 9.44. The topological polar surface area (TPSA) is 75.6 Å². The third kappa shape index (κ3) is 1.31. The Bertz CT molecular complexity index is 192. The van der Waals surface area contributed by atoms with Crippen molar-refractivity contribution in [3.05, 3.63) is 0 Å². The minimum Gasteiger partial charge on any atom is -0.304 e. The molecule has 0 spiro atoms. The van der Waals surface area contributed by atoms with Gasteiger partial charge in [-0.05, 0) is 6.92 Å². The second kappa shape index (κ2) is 3.01. The molecule has 1 amide bonds. The molecule has 1 aliphatic heterocycles. The van der Waals surface area contributed by atoms with Crippen LogP contribution in [0.4, 0.5) is 0 Å². The van der Waals surface area contributed by atoms with Crippen LogP contribution in [-0.2, 0) is 4.79 Å². The third-order valence-electron chi connectivity index (χ3n) is 2.08. The summed E-state index contributed by atoms with van der Waals surface area (Å²) in [5.41, 5.74) is 10.0. The number of likely N-dealkylation sites (N-methyl/N-ethyl adjacent to an activating group) is 2. The number of nitrogens with zero attached hydrogens (tertiary/aromatic N) is 2. The monoisotopic (exact) mass is 172 g/mol. The summed E-state index contributed by atoms with van der Waals surface area (Å²) >= 11 is 0. The molecule has 0 atom stereocenters. The molecule has 1 heterocycles. The molecule has 70 valence electrons. The van der Waals surface area contributed by atoms with Crippen LogP contribution in [0, 0.1) is 0 Å². The molecule has 1 aliphatic rings. The van der Waals surface area contributed by atoms with Gasteiger partial charge in [-0.15, -0.1) is 0 Å². The van der Waals surface area contributed by atoms with Crippen molar-refractivity contribution >= 4 is 5.91 Å². The van der Waals surface area contributed by atoms with Crippen molar-refractivity contribution in [2.24, 2.45) is 11.5 Å². The highest BCUT2D eigenvalue weighted by Gasteiger charge is 2.44. The van der Waals surface area contributed by atoms with Gasteiger partial charge in [0, 0.05) is 13.1 Å². The van der Waals surface area contributed by atoms with Crippen molar-refractivity contribution in [1.82, 2.24) is 10.0 Å². The van der Waals surface area contributed by atoms with E-state index in [0.29, 0.717) is 13.1 Å². The zero-order valence-electron chi connectivity index (χ0n) is 7.58. The molecule has 12 heavy (non-hydrogen) atoms. The van der Waals surface area contributed by atoms with Gasteiger partial charge in [-0.2, -0.15) is 0 Å². The lowest BCUT2D eigenvalue weighted by Gasteiger charge is -2.24. The number of hydrogen-bond acceptors (Lipinski definition) is 4. The summed E-state index contributed by atoms with van der Waals surface area (Å²) < 4.78 is 0. The summed E-state index contributed by atoms with van der Waals surface area (Å²) in [6, 6.07) is 0. The molecule has 5 nitrogen and oxygen atoms in total. The Morgan fingerprint density at radius 3 is 2.33 bits per heavy atom. The van der Waals surface area contributed by atoms with Crippen LogP contribution in [-0.4, -0.2) is 41.2 Å². The molecule has 0 saturated carbocycles. The van der Waals surface area contributed by atoms with Gasteiger partial charge in [0.2, 0.25) is 0 Å². The molecule has 0 aliphatic carbocycles. The van der Waals surface area contributed by atoms with Gasteiger partial charge in [0.25, 0.3) is 5.91 Å². The lowest BCUT2D eigenvalue weighted by Crippen LogP contribution is -2.57. The average molecular weight is 172 g/mol. The number of carbonyl (C=O) groups is 1. The molecule has 0 aromatic heterocycles. The molecule has 0 unspecified atom stereocenters. The summed E-state index contributed by atoms with van der Waals surface area (Å²) in [4.78, 5) is 11.5. The van der Waals surface area contributed by atoms with Crippen LogP contribution in [0.1, 0.15) is 13.8 Å². The summed E-state index contributed by atoms with van der Waals surface area (Å²) in [5, 5.41) is 3.46. The van der Waals surface area contributed by atoms with E-state index in [4.69, 9.17) is 11.5 Å². The highest BCUT2D eigenvalue weighted by molar-refractivity contribution is 5.87. The number of hydrazine groups is 1. The SMILES string of the molecule is CCN1CC(N)(N)C(=O)N1CC. The highest BCUT2D eigenvalue weighted by Crippen LogP contribution is 2.14. The van der Waals surface area contributed by atoms with Gasteiger partial charge < -0.3 is 11.5 Å². The Morgan fingerprint density at radius 2 is 2.00 bits per heavy atom. The first-order valence-corrected chi connectivity index (χ1v) is 4.17. The van der Waals surface area contributed by atoms with Crippen molar-refractivity contribution in [3.8, 4) is 0 Å². The lowest BCUT2D eigenvalue weighted by molar-refractivity contribution is -0.139. The third-order valence-corrected chi connectivity index (χ3v) is 2.08. The molecule has 0 radical (unpaired) electrons. The van der Waals surface area contributed by atoms with Crippen molar-refractivity contribution in [2.45, 2.75) is 19.5 Å². The number of carbonyl (C=O) groups excluding carboxylic acids is 1. The summed E-state index contributed by atoms with van der Waals surface area (Å²) in [6.07, 6.45) is 0. The van der Waals surface area contributed by atoms with E-state index in [2.05, 4.69) is 0 Å². The van der Waals surface area contributed by atoms with Crippen LogP contribution >= 0.6 is 0 Å². The molecular weight excluding hydrogens is 156 g/mol. The molecule has 1 fully saturated rings. The smallest absolute Gasteiger partial charge is 0.272 e. The minimum absolute atomic E-state index is 0.188. The maximum absolute atomic E-state index is 11.5. The van der Waals surface area contributed by atoms with Crippen LogP contribution in [0.25, 0.3) is 0 Å². The second-order valence-electron chi connectivity index (χ2n) is 3.04. The molecule has 4 N–H and O–H groups in total. The van der Waals surface area contributed by atoms with E-state index in [1.54, 1.807) is 5.01 Å². The van der Waals surface area contributed by atoms with Gasteiger partial charge in [0.1, 0.15) is 0 Å². The van der Waals surface area contributed by atoms with Crippen molar-refractivity contribution in [3.63, 3.8) is 0 Å². The predicted molar refractivity (Wildman–Crippen MR) is 45.7 cm³/mol. The number of hydrogen-bond donors (Lipinski definition) is 2. The number of nitrogens with two attached hydrogens (primary N) is 2. The van der Waals surface area contributed by atoms with E-state index in [1.165, 1.54) is 0 Å². The molecule has 5 heteroatoms. The first-order valence-electron chi connectivity index (χ1n) is 4.17. The standard InChI is InChI=1S/C7H16N4O/c1-3-10-5-7(8,9)6(12)11(10)4-2/h3-5,8-9H2,1-2H3. The van der Waals surface area contributed by atoms with Crippen molar-refractivity contribution in [2.75, 3.05) is 19.6 Å². The summed E-state index contributed by atoms with van der Waals surface area (Å²) in [7, 11) is 0. The number of amides is 1. The Kier molecular flexibility index (Phi) is 2.36. The zero-order valence-corrected chi connectivity index (χ0v) is 7.58. The van der Waals surface area contributed by atoms with Gasteiger partial charge in [0.15, 0.2) is 5.66 Å². The van der Waals surface area contributed by atoms with E-state index in [-0.39, 0.29) is 5.91 Å². The lowest BCUT2D eigenvalue weighted by atomic mass is 10.2. The van der Waals surface area contributed by atoms with Crippen LogP contribution < -0.4 is 11.5 Å². The Labute approximate surface area is 72.3 Å². The van der Waals surface area contributed by atoms with Crippen molar-refractivity contribution < 1.29 is 4.79 Å². The van der Waals surface area contributed by atoms with E-state index in [9.17, 15) is 4.79 Å². The van der Waals surface area contributed by atoms with Crippen molar-refractivity contribution in [1.29, 1.82) is 0 Å². The Balaban J connectivity index is 2.79. The minimum atomic E-state index is -1.19. The van der Waals surface area contributed by atoms with E-state index < -0.39 is 5.66 Å². The quantitative estimate of drug-likeness (QED) is 0.508. The fourth-order valence-corrected chi connectivity index (χ4v) is 1.45. The normalized spacial score (nSPS) is 23.7. The van der Waals surface area contributed by atoms with Crippen LogP contribution in [0.15, 0.2) is 0 Å². The molecule has 0 aromatic rings. The van der Waals surface area contributed by atoms with E-state index in [0.717, 1.165) is 6.54 Å². The van der Waals surface area contributed by atoms with Gasteiger partial charge in [-0.25, -0.2) is 5.01 Å². The molecule has 1 saturated heterocycles. The van der Waals surface area contributed by atoms with Gasteiger partial charge >= 0.3 is 0 Å². The molecular formula is C7H16N4O. The van der Waals surface area contributed by atoms with E-state index in [1.807, 2.05) is 18.9 Å². The zero-order chi connectivity index (χ0) is 9.35. The molecule has 1 rings (SSSR count). The fraction of sp³-hybridized carbons (Fsp3) is 0.857. The maximum atomic E-state index is 11.5. The highest BCUT2D eigenvalue weighted by atomic mass is 16.2. The van der Waals surface area contributed by atoms with Gasteiger partial charge in [-0.1, -0.05) is 6.92 Å². The van der Waals surface area contributed by atoms with Gasteiger partial charge in [-0.3, -0.25) is 9.80 Å². The average Bonchev–Trinajstić information content (AvgIpc) is 2.24. The Hall–Kier alpha value is -0.650. The van der Waals surface area contributed by atoms with Gasteiger partial charge in [0.05, 0.1) is 6.54 Å². The van der Waals surface area contributed by atoms with Crippen LogP contribution in [0.5, 0.6) is 0 Å². The fourth-order valence-electron chi connectivity index (χ4n) is 1.45. The molecule has 0 bridgehead atoms. The number of rotatable bonds is 2.